The van der Waals surface area contributed by atoms with E-state index in [0.29, 0.717) is 23.1 Å². The van der Waals surface area contributed by atoms with E-state index in [2.05, 4.69) is 27.3 Å². The third-order valence-electron chi connectivity index (χ3n) is 3.55. The van der Waals surface area contributed by atoms with Gasteiger partial charge in [0.25, 0.3) is 5.91 Å². The van der Waals surface area contributed by atoms with Crippen LogP contribution in [0.2, 0.25) is 0 Å². The van der Waals surface area contributed by atoms with E-state index in [1.165, 1.54) is 18.2 Å². The fourth-order valence-electron chi connectivity index (χ4n) is 2.46. The third kappa shape index (κ3) is 4.18. The highest BCUT2D eigenvalue weighted by Gasteiger charge is 2.33. The van der Waals surface area contributed by atoms with Gasteiger partial charge in [0, 0.05) is 0 Å². The molecule has 1 aromatic carbocycles. The zero-order chi connectivity index (χ0) is 15.3. The summed E-state index contributed by atoms with van der Waals surface area (Å²) in [6.07, 6.45) is 4.33. The average molecular weight is 355 g/mol. The lowest BCUT2D eigenvalue weighted by Crippen LogP contribution is -2.50. The molecule has 1 fully saturated rings. The number of amides is 1. The number of ether oxygens (including phenoxy) is 1. The smallest absolute Gasteiger partial charge is 0.259 e. The molecule has 0 spiro atoms. The number of benzene rings is 1. The highest BCUT2D eigenvalue weighted by Crippen LogP contribution is 2.28. The summed E-state index contributed by atoms with van der Waals surface area (Å²) < 4.78 is 18.7. The molecule has 0 aromatic heterocycles. The van der Waals surface area contributed by atoms with E-state index in [9.17, 15) is 14.4 Å². The molecule has 0 radical (unpaired) electrons. The van der Waals surface area contributed by atoms with Gasteiger partial charge in [-0.1, -0.05) is 19.3 Å². The summed E-state index contributed by atoms with van der Waals surface area (Å²) in [5.74, 6) is -0.333. The van der Waals surface area contributed by atoms with Crippen LogP contribution in [0.4, 0.5) is 4.39 Å². The number of carbonyl (C=O) groups is 1. The molecule has 21 heavy (non-hydrogen) atoms. The van der Waals surface area contributed by atoms with Crippen molar-refractivity contribution >= 4 is 21.8 Å². The first-order valence-corrected chi connectivity index (χ1v) is 7.64. The van der Waals surface area contributed by atoms with Crippen LogP contribution in [0.1, 0.15) is 32.1 Å². The number of carbonyl (C=O) groups excluding carboxylic acids is 1. The fourth-order valence-corrected chi connectivity index (χ4v) is 2.92. The van der Waals surface area contributed by atoms with Crippen molar-refractivity contribution in [2.24, 2.45) is 0 Å². The minimum atomic E-state index is -0.765. The second kappa shape index (κ2) is 6.90. The topological polar surface area (TPSA) is 62.1 Å². The van der Waals surface area contributed by atoms with Gasteiger partial charge >= 0.3 is 0 Å². The predicted molar refractivity (Wildman–Crippen MR) is 79.2 cm³/mol. The summed E-state index contributed by atoms with van der Waals surface area (Å²) in [7, 11) is 0. The number of nitrogens with zero attached hydrogens (tertiary/aromatic N) is 1. The third-order valence-corrected chi connectivity index (χ3v) is 4.17. The maximum Gasteiger partial charge on any atom is 0.259 e. The summed E-state index contributed by atoms with van der Waals surface area (Å²) in [5, 5.41) is 12.1. The second-order valence-electron chi connectivity index (χ2n) is 5.17. The number of hydrogen-bond acceptors (Lipinski definition) is 3. The molecule has 1 aromatic rings. The van der Waals surface area contributed by atoms with Crippen molar-refractivity contribution in [1.29, 1.82) is 5.26 Å². The minimum Gasteiger partial charge on any atom is -0.483 e. The van der Waals surface area contributed by atoms with Gasteiger partial charge in [-0.25, -0.2) is 4.39 Å². The van der Waals surface area contributed by atoms with Crippen LogP contribution in [0.5, 0.6) is 5.75 Å². The van der Waals surface area contributed by atoms with Gasteiger partial charge in [0.1, 0.15) is 17.1 Å². The number of nitriles is 1. The zero-order valence-corrected chi connectivity index (χ0v) is 13.1. The van der Waals surface area contributed by atoms with Crippen molar-refractivity contribution in [3.8, 4) is 11.8 Å². The molecule has 112 valence electrons. The molecule has 1 aliphatic rings. The van der Waals surface area contributed by atoms with Crippen LogP contribution < -0.4 is 10.1 Å². The molecule has 0 bridgehead atoms. The highest BCUT2D eigenvalue weighted by atomic mass is 79.9. The molecule has 1 saturated carbocycles. The van der Waals surface area contributed by atoms with Crippen molar-refractivity contribution in [3.63, 3.8) is 0 Å². The standard InChI is InChI=1S/C15H16BrFN2O2/c16-12-8-11(17)4-5-13(12)21-9-14(20)19-15(10-18)6-2-1-3-7-15/h4-5,8H,1-3,6-7,9H2,(H,19,20). The molecule has 2 rings (SSSR count). The lowest BCUT2D eigenvalue weighted by atomic mass is 9.83. The Kier molecular flexibility index (Phi) is 5.18. The van der Waals surface area contributed by atoms with Crippen molar-refractivity contribution in [2.75, 3.05) is 6.61 Å². The Morgan fingerprint density at radius 1 is 1.43 bits per heavy atom. The quantitative estimate of drug-likeness (QED) is 0.901. The first-order chi connectivity index (χ1) is 10.0. The molecule has 1 amide bonds. The van der Waals surface area contributed by atoms with E-state index in [-0.39, 0.29) is 18.3 Å². The summed E-state index contributed by atoms with van der Waals surface area (Å²) in [4.78, 5) is 12.0. The van der Waals surface area contributed by atoms with Gasteiger partial charge in [-0.15, -0.1) is 0 Å². The summed E-state index contributed by atoms with van der Waals surface area (Å²) in [5.41, 5.74) is -0.765. The van der Waals surface area contributed by atoms with E-state index >= 15 is 0 Å². The van der Waals surface area contributed by atoms with Crippen LogP contribution in [0.3, 0.4) is 0 Å². The van der Waals surface area contributed by atoms with Gasteiger partial charge in [0.05, 0.1) is 10.5 Å². The van der Waals surface area contributed by atoms with Crippen LogP contribution in [0, 0.1) is 17.1 Å². The Hall–Kier alpha value is -1.61. The summed E-state index contributed by atoms with van der Waals surface area (Å²) in [6, 6.07) is 6.20. The summed E-state index contributed by atoms with van der Waals surface area (Å²) >= 11 is 3.17. The van der Waals surface area contributed by atoms with Gasteiger partial charge in [-0.05, 0) is 47.0 Å². The van der Waals surface area contributed by atoms with Crippen LogP contribution in [0.15, 0.2) is 22.7 Å². The van der Waals surface area contributed by atoms with E-state index in [4.69, 9.17) is 4.74 Å². The molecule has 1 aliphatic carbocycles. The van der Waals surface area contributed by atoms with Crippen LogP contribution in [-0.4, -0.2) is 18.1 Å². The van der Waals surface area contributed by atoms with E-state index in [1.54, 1.807) is 0 Å². The Balaban J connectivity index is 1.91. The maximum atomic E-state index is 13.0. The van der Waals surface area contributed by atoms with Gasteiger partial charge in [0.15, 0.2) is 6.61 Å². The van der Waals surface area contributed by atoms with Gasteiger partial charge in [-0.3, -0.25) is 4.79 Å². The van der Waals surface area contributed by atoms with Crippen LogP contribution in [0.25, 0.3) is 0 Å². The molecular weight excluding hydrogens is 339 g/mol. The Bertz CT molecular complexity index is 565. The first kappa shape index (κ1) is 15.8. The molecular formula is C15H16BrFN2O2. The largest absolute Gasteiger partial charge is 0.483 e. The molecule has 4 nitrogen and oxygen atoms in total. The molecule has 1 N–H and O–H groups in total. The summed E-state index contributed by atoms with van der Waals surface area (Å²) in [6.45, 7) is -0.201. The fraction of sp³-hybridized carbons (Fsp3) is 0.467. The Labute approximate surface area is 131 Å². The van der Waals surface area contributed by atoms with Gasteiger partial charge in [0.2, 0.25) is 0 Å². The van der Waals surface area contributed by atoms with E-state index in [1.807, 2.05) is 0 Å². The van der Waals surface area contributed by atoms with Crippen molar-refractivity contribution in [1.82, 2.24) is 5.32 Å². The number of halogens is 2. The zero-order valence-electron chi connectivity index (χ0n) is 11.5. The Morgan fingerprint density at radius 3 is 2.76 bits per heavy atom. The van der Waals surface area contributed by atoms with Crippen LogP contribution in [-0.2, 0) is 4.79 Å². The first-order valence-electron chi connectivity index (χ1n) is 6.85. The maximum absolute atomic E-state index is 13.0. The van der Waals surface area contributed by atoms with Crippen molar-refractivity contribution in [3.05, 3.63) is 28.5 Å². The molecule has 0 unspecified atom stereocenters. The molecule has 6 heteroatoms. The van der Waals surface area contributed by atoms with Crippen molar-refractivity contribution in [2.45, 2.75) is 37.6 Å². The van der Waals surface area contributed by atoms with E-state index in [0.717, 1.165) is 19.3 Å². The Morgan fingerprint density at radius 2 is 2.14 bits per heavy atom. The minimum absolute atomic E-state index is 0.201. The van der Waals surface area contributed by atoms with Gasteiger partial charge < -0.3 is 10.1 Å². The SMILES string of the molecule is N#CC1(NC(=O)COc2ccc(F)cc2Br)CCCCC1. The molecule has 0 saturated heterocycles. The molecule has 0 atom stereocenters. The lowest BCUT2D eigenvalue weighted by molar-refractivity contribution is -0.124. The predicted octanol–water partition coefficient (Wildman–Crippen LogP) is 3.31. The second-order valence-corrected chi connectivity index (χ2v) is 6.02. The normalized spacial score (nSPS) is 16.8. The number of hydrogen-bond donors (Lipinski definition) is 1. The molecule has 0 aliphatic heterocycles. The van der Waals surface area contributed by atoms with Crippen molar-refractivity contribution < 1.29 is 13.9 Å². The number of rotatable bonds is 4. The van der Waals surface area contributed by atoms with Crippen LogP contribution >= 0.6 is 15.9 Å². The number of nitrogens with one attached hydrogen (secondary N) is 1. The monoisotopic (exact) mass is 354 g/mol. The average Bonchev–Trinajstić information content (AvgIpc) is 2.47. The molecule has 0 heterocycles. The van der Waals surface area contributed by atoms with Gasteiger partial charge in [-0.2, -0.15) is 5.26 Å². The van der Waals surface area contributed by atoms with E-state index < -0.39 is 5.54 Å². The highest BCUT2D eigenvalue weighted by molar-refractivity contribution is 9.10. The lowest BCUT2D eigenvalue weighted by Gasteiger charge is -2.31.